The average molecular weight is 404 g/mol. The molecule has 0 amide bonds. The fourth-order valence-electron chi connectivity index (χ4n) is 4.31. The largest absolute Gasteiger partial charge is 0.490 e. The first kappa shape index (κ1) is 20.3. The third-order valence-corrected chi connectivity index (χ3v) is 6.06. The zero-order valence-electron chi connectivity index (χ0n) is 17.7. The molecule has 1 aromatic heterocycles. The van der Waals surface area contributed by atoms with Gasteiger partial charge in [-0.1, -0.05) is 43.5 Å². The summed E-state index contributed by atoms with van der Waals surface area (Å²) >= 11 is 0. The Kier molecular flexibility index (Phi) is 6.22. The molecule has 0 bridgehead atoms. The lowest BCUT2D eigenvalue weighted by atomic mass is 9.86. The molecular weight excluding hydrogens is 374 g/mol. The third kappa shape index (κ3) is 4.59. The van der Waals surface area contributed by atoms with Crippen LogP contribution < -0.4 is 4.74 Å². The van der Waals surface area contributed by atoms with Gasteiger partial charge in [-0.05, 0) is 67.1 Å². The molecule has 1 aliphatic rings. The van der Waals surface area contributed by atoms with Gasteiger partial charge in [-0.25, -0.2) is 4.79 Å². The van der Waals surface area contributed by atoms with Crippen molar-refractivity contribution in [2.75, 3.05) is 7.11 Å². The predicted molar refractivity (Wildman–Crippen MR) is 119 cm³/mol. The molecule has 3 aromatic rings. The number of esters is 1. The quantitative estimate of drug-likeness (QED) is 0.455. The second-order valence-corrected chi connectivity index (χ2v) is 8.10. The summed E-state index contributed by atoms with van der Waals surface area (Å²) in [4.78, 5) is 11.7. The fraction of sp³-hybridized carbons (Fsp3) is 0.346. The number of hydrogen-bond acceptors (Lipinski definition) is 3. The number of carbonyl (C=O) groups is 1. The van der Waals surface area contributed by atoms with Crippen LogP contribution in [0, 0.1) is 5.92 Å². The van der Waals surface area contributed by atoms with Crippen molar-refractivity contribution in [2.45, 2.75) is 45.1 Å². The second kappa shape index (κ2) is 9.21. The molecule has 0 saturated heterocycles. The van der Waals surface area contributed by atoms with Crippen molar-refractivity contribution in [2.24, 2.45) is 5.92 Å². The minimum Gasteiger partial charge on any atom is -0.490 e. The van der Waals surface area contributed by atoms with Gasteiger partial charge in [0.1, 0.15) is 5.75 Å². The summed E-state index contributed by atoms with van der Waals surface area (Å²) in [5, 5.41) is 0. The van der Waals surface area contributed by atoms with E-state index in [9.17, 15) is 4.79 Å². The molecule has 30 heavy (non-hydrogen) atoms. The summed E-state index contributed by atoms with van der Waals surface area (Å²) < 4.78 is 13.0. The lowest BCUT2D eigenvalue weighted by molar-refractivity contribution is 0.0601. The number of nitrogens with zero attached hydrogens (tertiary/aromatic N) is 1. The zero-order chi connectivity index (χ0) is 20.9. The van der Waals surface area contributed by atoms with E-state index in [1.165, 1.54) is 39.2 Å². The van der Waals surface area contributed by atoms with Crippen molar-refractivity contribution in [1.29, 1.82) is 0 Å². The van der Waals surface area contributed by atoms with Gasteiger partial charge < -0.3 is 14.0 Å². The Morgan fingerprint density at radius 1 is 1.00 bits per heavy atom. The van der Waals surface area contributed by atoms with Gasteiger partial charge in [0.15, 0.2) is 0 Å². The summed E-state index contributed by atoms with van der Waals surface area (Å²) in [5.41, 5.74) is 3.75. The van der Waals surface area contributed by atoms with Crippen LogP contribution in [0.5, 0.6) is 5.75 Å². The van der Waals surface area contributed by atoms with Gasteiger partial charge in [0, 0.05) is 18.1 Å². The first-order valence-electron chi connectivity index (χ1n) is 10.8. The van der Waals surface area contributed by atoms with Crippen LogP contribution in [-0.4, -0.2) is 23.8 Å². The van der Waals surface area contributed by atoms with E-state index in [2.05, 4.69) is 37.3 Å². The standard InChI is InChI=1S/C26H29NO3/c1-19(20-8-4-3-5-9-20)30-25-13-7-11-22(17-25)21-10-6-12-24(16-21)27-15-14-23(18-27)26(28)29-2/h6-7,10-20H,3-5,8-9H2,1-2H3/t19-/m0/s1. The minimum absolute atomic E-state index is 0.239. The molecule has 1 heterocycles. The van der Waals surface area contributed by atoms with Gasteiger partial charge in [-0.3, -0.25) is 0 Å². The van der Waals surface area contributed by atoms with E-state index in [1.807, 2.05) is 29.0 Å². The summed E-state index contributed by atoms with van der Waals surface area (Å²) in [6.45, 7) is 2.20. The molecule has 4 rings (SSSR count). The van der Waals surface area contributed by atoms with Crippen LogP contribution in [0.4, 0.5) is 0 Å². The highest BCUT2D eigenvalue weighted by atomic mass is 16.5. The Morgan fingerprint density at radius 2 is 1.73 bits per heavy atom. The van der Waals surface area contributed by atoms with Crippen LogP contribution in [0.1, 0.15) is 49.4 Å². The van der Waals surface area contributed by atoms with Crippen LogP contribution in [0.3, 0.4) is 0 Å². The van der Waals surface area contributed by atoms with Gasteiger partial charge in [0.25, 0.3) is 0 Å². The van der Waals surface area contributed by atoms with E-state index < -0.39 is 0 Å². The first-order chi connectivity index (χ1) is 14.6. The molecule has 1 aliphatic carbocycles. The van der Waals surface area contributed by atoms with E-state index in [1.54, 1.807) is 12.3 Å². The summed E-state index contributed by atoms with van der Waals surface area (Å²) in [6.07, 6.45) is 10.4. The molecule has 0 aliphatic heterocycles. The number of aromatic nitrogens is 1. The smallest absolute Gasteiger partial charge is 0.339 e. The van der Waals surface area contributed by atoms with E-state index in [-0.39, 0.29) is 12.1 Å². The lowest BCUT2D eigenvalue weighted by Crippen LogP contribution is -2.25. The topological polar surface area (TPSA) is 40.5 Å². The fourth-order valence-corrected chi connectivity index (χ4v) is 4.31. The van der Waals surface area contributed by atoms with Gasteiger partial charge in [-0.2, -0.15) is 0 Å². The van der Waals surface area contributed by atoms with Gasteiger partial charge >= 0.3 is 5.97 Å². The normalized spacial score (nSPS) is 15.5. The summed E-state index contributed by atoms with van der Waals surface area (Å²) in [7, 11) is 1.39. The second-order valence-electron chi connectivity index (χ2n) is 8.10. The maximum atomic E-state index is 11.7. The Balaban J connectivity index is 1.53. The van der Waals surface area contributed by atoms with Crippen molar-refractivity contribution in [1.82, 2.24) is 4.57 Å². The van der Waals surface area contributed by atoms with Crippen LogP contribution >= 0.6 is 0 Å². The number of rotatable bonds is 6. The van der Waals surface area contributed by atoms with E-state index in [0.29, 0.717) is 11.5 Å². The first-order valence-corrected chi connectivity index (χ1v) is 10.8. The summed E-state index contributed by atoms with van der Waals surface area (Å²) in [6, 6.07) is 18.3. The van der Waals surface area contributed by atoms with Gasteiger partial charge in [0.2, 0.25) is 0 Å². The molecular formula is C26H29NO3. The number of ether oxygens (including phenoxy) is 2. The molecule has 2 aromatic carbocycles. The van der Waals surface area contributed by atoms with Crippen molar-refractivity contribution in [3.05, 3.63) is 72.6 Å². The third-order valence-electron chi connectivity index (χ3n) is 6.06. The van der Waals surface area contributed by atoms with E-state index in [4.69, 9.17) is 9.47 Å². The van der Waals surface area contributed by atoms with Gasteiger partial charge in [0.05, 0.1) is 18.8 Å². The molecule has 1 fully saturated rings. The number of carbonyl (C=O) groups excluding carboxylic acids is 1. The van der Waals surface area contributed by atoms with E-state index >= 15 is 0 Å². The Bertz CT molecular complexity index is 1000. The molecule has 1 saturated carbocycles. The molecule has 0 N–H and O–H groups in total. The molecule has 0 radical (unpaired) electrons. The Hall–Kier alpha value is -3.01. The van der Waals surface area contributed by atoms with Crippen LogP contribution in [0.15, 0.2) is 67.0 Å². The average Bonchev–Trinajstić information content (AvgIpc) is 3.30. The van der Waals surface area contributed by atoms with Crippen LogP contribution in [-0.2, 0) is 4.74 Å². The SMILES string of the molecule is COC(=O)c1ccn(-c2cccc(-c3cccc(O[C@@H](C)C4CCCCC4)c3)c2)c1. The highest BCUT2D eigenvalue weighted by Gasteiger charge is 2.21. The monoisotopic (exact) mass is 403 g/mol. The van der Waals surface area contributed by atoms with Crippen molar-refractivity contribution >= 4 is 5.97 Å². The Labute approximate surface area is 178 Å². The summed E-state index contributed by atoms with van der Waals surface area (Å²) in [5.74, 6) is 1.25. The van der Waals surface area contributed by atoms with Crippen molar-refractivity contribution < 1.29 is 14.3 Å². The minimum atomic E-state index is -0.332. The maximum absolute atomic E-state index is 11.7. The maximum Gasteiger partial charge on any atom is 0.339 e. The van der Waals surface area contributed by atoms with Crippen LogP contribution in [0.2, 0.25) is 0 Å². The molecule has 0 spiro atoms. The number of hydrogen-bond donors (Lipinski definition) is 0. The lowest BCUT2D eigenvalue weighted by Gasteiger charge is -2.28. The molecule has 1 atom stereocenters. The molecule has 4 heteroatoms. The van der Waals surface area contributed by atoms with Crippen LogP contribution in [0.25, 0.3) is 16.8 Å². The predicted octanol–water partition coefficient (Wildman–Crippen LogP) is 6.28. The molecule has 4 nitrogen and oxygen atoms in total. The van der Waals surface area contributed by atoms with E-state index in [0.717, 1.165) is 22.6 Å². The molecule has 0 unspecified atom stereocenters. The highest BCUT2D eigenvalue weighted by molar-refractivity contribution is 5.89. The highest BCUT2D eigenvalue weighted by Crippen LogP contribution is 2.31. The number of methoxy groups -OCH3 is 1. The van der Waals surface area contributed by atoms with Gasteiger partial charge in [-0.15, -0.1) is 0 Å². The zero-order valence-corrected chi connectivity index (χ0v) is 17.7. The van der Waals surface area contributed by atoms with Crippen molar-refractivity contribution in [3.8, 4) is 22.6 Å². The Morgan fingerprint density at radius 3 is 2.50 bits per heavy atom. The molecule has 156 valence electrons. The van der Waals surface area contributed by atoms with Crippen molar-refractivity contribution in [3.63, 3.8) is 0 Å². The number of benzene rings is 2.